The van der Waals surface area contributed by atoms with E-state index in [-0.39, 0.29) is 35.0 Å². The molecule has 0 saturated carbocycles. The second-order valence-corrected chi connectivity index (χ2v) is 9.10. The standard InChI is InChI=1S/C24H25F5N8/c1-35(2)7-8-37-12-20(14-3-4-18(25)17(9-14)24(27,28)29)34-23(37)15-5-6-36(11-19(15)26)22-16(10-30)21(31)32-13-33-22/h3-4,9,12-13,15,19H,5-8,11H2,1-2H3,(H2,31,32,33). The van der Waals surface area contributed by atoms with Crippen molar-refractivity contribution in [3.63, 3.8) is 0 Å². The normalized spacial score (nSPS) is 18.3. The van der Waals surface area contributed by atoms with Crippen molar-refractivity contribution in [2.45, 2.75) is 31.2 Å². The van der Waals surface area contributed by atoms with Crippen molar-refractivity contribution in [2.75, 3.05) is 44.4 Å². The van der Waals surface area contributed by atoms with Crippen molar-refractivity contribution in [3.8, 4) is 17.3 Å². The fourth-order valence-corrected chi connectivity index (χ4v) is 4.38. The molecule has 2 N–H and O–H groups in total. The molecular formula is C24H25F5N8. The molecular weight excluding hydrogens is 495 g/mol. The molecule has 196 valence electrons. The number of nitrogen functional groups attached to an aromatic ring is 1. The molecule has 0 bridgehead atoms. The van der Waals surface area contributed by atoms with E-state index in [1.165, 1.54) is 12.4 Å². The summed E-state index contributed by atoms with van der Waals surface area (Å²) >= 11 is 0. The van der Waals surface area contributed by atoms with Crippen LogP contribution in [-0.2, 0) is 12.7 Å². The number of aromatic nitrogens is 4. The smallest absolute Gasteiger partial charge is 0.382 e. The van der Waals surface area contributed by atoms with Crippen molar-refractivity contribution in [1.29, 1.82) is 5.26 Å². The average molecular weight is 521 g/mol. The summed E-state index contributed by atoms with van der Waals surface area (Å²) in [7, 11) is 3.73. The van der Waals surface area contributed by atoms with Crippen LogP contribution in [0.4, 0.5) is 33.6 Å². The van der Waals surface area contributed by atoms with E-state index < -0.39 is 29.6 Å². The number of imidazole rings is 1. The van der Waals surface area contributed by atoms with Gasteiger partial charge in [0.05, 0.1) is 23.7 Å². The number of anilines is 2. The van der Waals surface area contributed by atoms with Crippen LogP contribution < -0.4 is 10.6 Å². The number of likely N-dealkylation sites (N-methyl/N-ethyl adjacent to an activating group) is 1. The van der Waals surface area contributed by atoms with Gasteiger partial charge in [-0.1, -0.05) is 0 Å². The van der Waals surface area contributed by atoms with Crippen LogP contribution in [0.25, 0.3) is 11.3 Å². The number of nitrogens with zero attached hydrogens (tertiary/aromatic N) is 7. The first-order valence-corrected chi connectivity index (χ1v) is 11.5. The quantitative estimate of drug-likeness (QED) is 0.493. The summed E-state index contributed by atoms with van der Waals surface area (Å²) in [5.41, 5.74) is 4.74. The van der Waals surface area contributed by atoms with Crippen LogP contribution >= 0.6 is 0 Å². The molecule has 13 heteroatoms. The van der Waals surface area contributed by atoms with Gasteiger partial charge in [-0.15, -0.1) is 0 Å². The van der Waals surface area contributed by atoms with Crippen molar-refractivity contribution >= 4 is 11.6 Å². The Morgan fingerprint density at radius 1 is 1.24 bits per heavy atom. The van der Waals surface area contributed by atoms with Crippen LogP contribution in [0.2, 0.25) is 0 Å². The minimum atomic E-state index is -4.86. The minimum absolute atomic E-state index is 0.00595. The Labute approximate surface area is 210 Å². The van der Waals surface area contributed by atoms with Crippen molar-refractivity contribution < 1.29 is 22.0 Å². The zero-order chi connectivity index (χ0) is 26.9. The second kappa shape index (κ2) is 10.3. The molecule has 2 aromatic heterocycles. The molecule has 0 spiro atoms. The van der Waals surface area contributed by atoms with Crippen molar-refractivity contribution in [3.05, 3.63) is 53.5 Å². The molecule has 3 aromatic rings. The van der Waals surface area contributed by atoms with Gasteiger partial charge in [-0.3, -0.25) is 0 Å². The van der Waals surface area contributed by atoms with E-state index >= 15 is 4.39 Å². The summed E-state index contributed by atoms with van der Waals surface area (Å²) in [6, 6.07) is 4.66. The van der Waals surface area contributed by atoms with Gasteiger partial charge in [0, 0.05) is 31.4 Å². The van der Waals surface area contributed by atoms with Gasteiger partial charge in [0.2, 0.25) is 0 Å². The summed E-state index contributed by atoms with van der Waals surface area (Å²) in [5, 5.41) is 9.42. The highest BCUT2D eigenvalue weighted by Crippen LogP contribution is 2.37. The molecule has 1 aliphatic heterocycles. The molecule has 1 aromatic carbocycles. The zero-order valence-electron chi connectivity index (χ0n) is 20.2. The van der Waals surface area contributed by atoms with Gasteiger partial charge in [-0.05, 0) is 38.7 Å². The molecule has 8 nitrogen and oxygen atoms in total. The van der Waals surface area contributed by atoms with E-state index in [1.54, 1.807) is 15.7 Å². The molecule has 1 saturated heterocycles. The molecule has 0 radical (unpaired) electrons. The fraction of sp³-hybridized carbons (Fsp3) is 0.417. The van der Waals surface area contributed by atoms with Gasteiger partial charge in [-0.25, -0.2) is 23.7 Å². The largest absolute Gasteiger partial charge is 0.419 e. The van der Waals surface area contributed by atoms with Crippen molar-refractivity contribution in [2.24, 2.45) is 0 Å². The Morgan fingerprint density at radius 3 is 2.65 bits per heavy atom. The molecule has 4 rings (SSSR count). The molecule has 1 aliphatic rings. The fourth-order valence-electron chi connectivity index (χ4n) is 4.38. The summed E-state index contributed by atoms with van der Waals surface area (Å²) in [4.78, 5) is 16.0. The third kappa shape index (κ3) is 5.48. The van der Waals surface area contributed by atoms with E-state index in [1.807, 2.05) is 25.1 Å². The lowest BCUT2D eigenvalue weighted by molar-refractivity contribution is -0.139. The van der Waals surface area contributed by atoms with Crippen LogP contribution in [0.1, 0.15) is 29.3 Å². The molecule has 2 unspecified atom stereocenters. The number of halogens is 5. The minimum Gasteiger partial charge on any atom is -0.382 e. The number of hydrogen-bond donors (Lipinski definition) is 1. The number of nitrogens with two attached hydrogens (primary N) is 1. The third-order valence-corrected chi connectivity index (χ3v) is 6.30. The maximum absolute atomic E-state index is 15.6. The number of alkyl halides is 4. The van der Waals surface area contributed by atoms with Gasteiger partial charge in [0.25, 0.3) is 0 Å². The number of piperidine rings is 1. The van der Waals surface area contributed by atoms with Gasteiger partial charge >= 0.3 is 6.18 Å². The summed E-state index contributed by atoms with van der Waals surface area (Å²) in [6.45, 7) is 1.28. The first kappa shape index (κ1) is 26.3. The van der Waals surface area contributed by atoms with Crippen LogP contribution in [-0.4, -0.2) is 64.3 Å². The third-order valence-electron chi connectivity index (χ3n) is 6.30. The van der Waals surface area contributed by atoms with E-state index in [0.717, 1.165) is 12.1 Å². The summed E-state index contributed by atoms with van der Waals surface area (Å²) < 4.78 is 71.0. The Bertz CT molecular complexity index is 1310. The SMILES string of the molecule is CN(C)CCn1cc(-c2ccc(F)c(C(F)(F)F)c2)nc1C1CCN(c2ncnc(N)c2C#N)CC1F. The highest BCUT2D eigenvalue weighted by atomic mass is 19.4. The highest BCUT2D eigenvalue weighted by molar-refractivity contribution is 5.64. The van der Waals surface area contributed by atoms with E-state index in [4.69, 9.17) is 5.73 Å². The van der Waals surface area contributed by atoms with Crippen LogP contribution in [0, 0.1) is 17.1 Å². The molecule has 3 heterocycles. The predicted octanol–water partition coefficient (Wildman–Crippen LogP) is 3.85. The number of nitriles is 1. The van der Waals surface area contributed by atoms with Gasteiger partial charge in [0.1, 0.15) is 41.6 Å². The Balaban J connectivity index is 1.66. The van der Waals surface area contributed by atoms with Crippen LogP contribution in [0.3, 0.4) is 0 Å². The molecule has 0 amide bonds. The van der Waals surface area contributed by atoms with E-state index in [0.29, 0.717) is 31.9 Å². The van der Waals surface area contributed by atoms with Crippen LogP contribution in [0.5, 0.6) is 0 Å². The van der Waals surface area contributed by atoms with Gasteiger partial charge < -0.3 is 20.1 Å². The predicted molar refractivity (Wildman–Crippen MR) is 127 cm³/mol. The Hall–Kier alpha value is -3.79. The topological polar surface area (TPSA) is 99.9 Å². The summed E-state index contributed by atoms with van der Waals surface area (Å²) in [6.07, 6.45) is -3.18. The monoisotopic (exact) mass is 520 g/mol. The van der Waals surface area contributed by atoms with Crippen molar-refractivity contribution in [1.82, 2.24) is 24.4 Å². The number of benzene rings is 1. The lowest BCUT2D eigenvalue weighted by Gasteiger charge is -2.35. The maximum atomic E-state index is 15.6. The zero-order valence-corrected chi connectivity index (χ0v) is 20.2. The Kier molecular flexibility index (Phi) is 7.31. The number of hydrogen-bond acceptors (Lipinski definition) is 7. The lowest BCUT2D eigenvalue weighted by atomic mass is 9.93. The second-order valence-electron chi connectivity index (χ2n) is 9.10. The molecule has 0 aliphatic carbocycles. The van der Waals surface area contributed by atoms with E-state index in [9.17, 15) is 22.8 Å². The first-order chi connectivity index (χ1) is 17.5. The molecule has 2 atom stereocenters. The molecule has 37 heavy (non-hydrogen) atoms. The molecule has 1 fully saturated rings. The maximum Gasteiger partial charge on any atom is 0.419 e. The van der Waals surface area contributed by atoms with Gasteiger partial charge in [-0.2, -0.15) is 18.4 Å². The number of rotatable bonds is 6. The Morgan fingerprint density at radius 2 is 2.00 bits per heavy atom. The highest BCUT2D eigenvalue weighted by Gasteiger charge is 2.37. The first-order valence-electron chi connectivity index (χ1n) is 11.5. The van der Waals surface area contributed by atoms with Gasteiger partial charge in [0.15, 0.2) is 5.82 Å². The van der Waals surface area contributed by atoms with E-state index in [2.05, 4.69) is 15.0 Å². The average Bonchev–Trinajstić information content (AvgIpc) is 3.26. The lowest BCUT2D eigenvalue weighted by Crippen LogP contribution is -2.42. The van der Waals surface area contributed by atoms with Crippen LogP contribution in [0.15, 0.2) is 30.7 Å². The summed E-state index contributed by atoms with van der Waals surface area (Å²) in [5.74, 6) is -1.38.